The number of sulfonamides is 1. The Hall–Kier alpha value is -1.40. The first-order valence-electron chi connectivity index (χ1n) is 8.25. The Morgan fingerprint density at radius 1 is 1.04 bits per heavy atom. The Morgan fingerprint density at radius 2 is 1.57 bits per heavy atom. The number of carbonyl (C=O) groups is 1. The number of hydrogen-bond acceptors (Lipinski definition) is 3. The zero-order chi connectivity index (χ0) is 16.6. The fraction of sp³-hybridized carbons (Fsp3) is 0.588. The molecule has 2 fully saturated rings. The molecule has 0 atom stereocenters. The van der Waals surface area contributed by atoms with Crippen LogP contribution in [0.5, 0.6) is 0 Å². The molecule has 0 unspecified atom stereocenters. The molecule has 3 rings (SSSR count). The lowest BCUT2D eigenvalue weighted by Crippen LogP contribution is -2.49. The fourth-order valence-corrected chi connectivity index (χ4v) is 5.22. The number of amides is 1. The van der Waals surface area contributed by atoms with Gasteiger partial charge in [-0.2, -0.15) is 4.31 Å². The van der Waals surface area contributed by atoms with Crippen molar-refractivity contribution in [3.05, 3.63) is 29.8 Å². The Balaban J connectivity index is 1.82. The van der Waals surface area contributed by atoms with Crippen molar-refractivity contribution in [1.29, 1.82) is 0 Å². The standard InChI is InChI=1S/C17H24N2O3S/c1-13-3-7-17(8-4-13)23(21,22)19(15-5-6-15)16-9-11-18(12-10-16)14(2)20/h3-4,7-8,15-16H,5-6,9-12H2,1-2H3. The number of nitrogens with zero attached hydrogens (tertiary/aromatic N) is 2. The highest BCUT2D eigenvalue weighted by Crippen LogP contribution is 2.36. The lowest BCUT2D eigenvalue weighted by atomic mass is 10.0. The van der Waals surface area contributed by atoms with E-state index in [1.54, 1.807) is 28.3 Å². The van der Waals surface area contributed by atoms with E-state index < -0.39 is 10.0 Å². The molecule has 23 heavy (non-hydrogen) atoms. The van der Waals surface area contributed by atoms with E-state index in [0.29, 0.717) is 18.0 Å². The van der Waals surface area contributed by atoms with Crippen LogP contribution >= 0.6 is 0 Å². The van der Waals surface area contributed by atoms with Crippen LogP contribution < -0.4 is 0 Å². The second kappa shape index (κ2) is 6.24. The van der Waals surface area contributed by atoms with Gasteiger partial charge in [0.15, 0.2) is 0 Å². The summed E-state index contributed by atoms with van der Waals surface area (Å²) in [4.78, 5) is 13.7. The molecule has 6 heteroatoms. The minimum atomic E-state index is -3.46. The van der Waals surface area contributed by atoms with Gasteiger partial charge in [-0.15, -0.1) is 0 Å². The molecule has 126 valence electrons. The predicted octanol–water partition coefficient (Wildman–Crippen LogP) is 2.16. The van der Waals surface area contributed by atoms with Crippen molar-refractivity contribution in [1.82, 2.24) is 9.21 Å². The minimum Gasteiger partial charge on any atom is -0.343 e. The highest BCUT2D eigenvalue weighted by Gasteiger charge is 2.43. The molecule has 2 aliphatic rings. The van der Waals surface area contributed by atoms with E-state index in [1.807, 2.05) is 19.1 Å². The summed E-state index contributed by atoms with van der Waals surface area (Å²) in [6.45, 7) is 4.81. The SMILES string of the molecule is CC(=O)N1CCC(N(C2CC2)S(=O)(=O)c2ccc(C)cc2)CC1. The zero-order valence-corrected chi connectivity index (χ0v) is 14.6. The molecule has 0 bridgehead atoms. The van der Waals surface area contributed by atoms with Crippen molar-refractivity contribution in [2.24, 2.45) is 0 Å². The van der Waals surface area contributed by atoms with Crippen molar-refractivity contribution < 1.29 is 13.2 Å². The Morgan fingerprint density at radius 3 is 2.04 bits per heavy atom. The number of carbonyl (C=O) groups excluding carboxylic acids is 1. The molecule has 1 aliphatic carbocycles. The van der Waals surface area contributed by atoms with Gasteiger partial charge in [0.25, 0.3) is 0 Å². The number of hydrogen-bond donors (Lipinski definition) is 0. The first-order chi connectivity index (χ1) is 10.9. The summed E-state index contributed by atoms with van der Waals surface area (Å²) in [5.41, 5.74) is 1.05. The molecule has 0 spiro atoms. The van der Waals surface area contributed by atoms with E-state index in [1.165, 1.54) is 0 Å². The summed E-state index contributed by atoms with van der Waals surface area (Å²) in [6, 6.07) is 7.22. The van der Waals surface area contributed by atoms with Crippen molar-refractivity contribution in [3.63, 3.8) is 0 Å². The normalized spacial score (nSPS) is 20.0. The highest BCUT2D eigenvalue weighted by molar-refractivity contribution is 7.89. The molecule has 1 aromatic rings. The third-order valence-corrected chi connectivity index (χ3v) is 6.79. The van der Waals surface area contributed by atoms with Crippen molar-refractivity contribution >= 4 is 15.9 Å². The summed E-state index contributed by atoms with van der Waals surface area (Å²) in [7, 11) is -3.46. The van der Waals surface area contributed by atoms with Crippen LogP contribution in [0, 0.1) is 6.92 Å². The molecule has 1 heterocycles. The predicted molar refractivity (Wildman–Crippen MR) is 88.5 cm³/mol. The number of aryl methyl sites for hydroxylation is 1. The van der Waals surface area contributed by atoms with Gasteiger partial charge in [-0.3, -0.25) is 4.79 Å². The smallest absolute Gasteiger partial charge is 0.243 e. The van der Waals surface area contributed by atoms with Gasteiger partial charge >= 0.3 is 0 Å². The average molecular weight is 336 g/mol. The number of likely N-dealkylation sites (tertiary alicyclic amines) is 1. The second-order valence-corrected chi connectivity index (χ2v) is 8.46. The van der Waals surface area contributed by atoms with Crippen LogP contribution in [0.1, 0.15) is 38.2 Å². The third kappa shape index (κ3) is 3.43. The van der Waals surface area contributed by atoms with Gasteiger partial charge in [0.2, 0.25) is 15.9 Å². The minimum absolute atomic E-state index is 0.00408. The molecule has 0 aromatic heterocycles. The fourth-order valence-electron chi connectivity index (χ4n) is 3.29. The maximum Gasteiger partial charge on any atom is 0.243 e. The molecular weight excluding hydrogens is 312 g/mol. The molecule has 1 aliphatic heterocycles. The lowest BCUT2D eigenvalue weighted by molar-refractivity contribution is -0.130. The molecule has 0 N–H and O–H groups in total. The van der Waals surface area contributed by atoms with E-state index in [0.717, 1.165) is 31.2 Å². The largest absolute Gasteiger partial charge is 0.343 e. The van der Waals surface area contributed by atoms with Crippen LogP contribution in [-0.4, -0.2) is 48.7 Å². The first kappa shape index (κ1) is 16.5. The van der Waals surface area contributed by atoms with Gasteiger partial charge in [-0.25, -0.2) is 8.42 Å². The maximum absolute atomic E-state index is 13.1. The second-order valence-electron chi connectivity index (χ2n) is 6.62. The number of rotatable bonds is 4. The summed E-state index contributed by atoms with van der Waals surface area (Å²) in [6.07, 6.45) is 3.33. The van der Waals surface area contributed by atoms with Gasteiger partial charge in [-0.05, 0) is 44.7 Å². The quantitative estimate of drug-likeness (QED) is 0.846. The molecule has 1 aromatic carbocycles. The van der Waals surface area contributed by atoms with Crippen molar-refractivity contribution in [2.75, 3.05) is 13.1 Å². The summed E-state index contributed by atoms with van der Waals surface area (Å²) in [5.74, 6) is 0.0720. The molecule has 0 radical (unpaired) electrons. The van der Waals surface area contributed by atoms with Crippen LogP contribution in [0.25, 0.3) is 0 Å². The summed E-state index contributed by atoms with van der Waals surface area (Å²) in [5, 5.41) is 0. The average Bonchev–Trinajstić information content (AvgIpc) is 3.33. The third-order valence-electron chi connectivity index (χ3n) is 4.77. The molecule has 1 saturated carbocycles. The van der Waals surface area contributed by atoms with E-state index in [2.05, 4.69) is 0 Å². The number of piperidine rings is 1. The van der Waals surface area contributed by atoms with Gasteiger partial charge < -0.3 is 4.90 Å². The maximum atomic E-state index is 13.1. The lowest BCUT2D eigenvalue weighted by Gasteiger charge is -2.37. The summed E-state index contributed by atoms with van der Waals surface area (Å²) < 4.78 is 27.9. The van der Waals surface area contributed by atoms with Crippen LogP contribution in [0.15, 0.2) is 29.2 Å². The van der Waals surface area contributed by atoms with Crippen LogP contribution in [-0.2, 0) is 14.8 Å². The Kier molecular flexibility index (Phi) is 4.47. The van der Waals surface area contributed by atoms with Crippen molar-refractivity contribution in [2.45, 2.75) is 56.5 Å². The van der Waals surface area contributed by atoms with Crippen LogP contribution in [0.2, 0.25) is 0 Å². The van der Waals surface area contributed by atoms with Gasteiger partial charge in [-0.1, -0.05) is 17.7 Å². The Bertz CT molecular complexity index is 672. The van der Waals surface area contributed by atoms with E-state index >= 15 is 0 Å². The van der Waals surface area contributed by atoms with E-state index in [4.69, 9.17) is 0 Å². The van der Waals surface area contributed by atoms with Gasteiger partial charge in [0, 0.05) is 32.1 Å². The van der Waals surface area contributed by atoms with Crippen LogP contribution in [0.4, 0.5) is 0 Å². The molecule has 5 nitrogen and oxygen atoms in total. The van der Waals surface area contributed by atoms with Crippen LogP contribution in [0.3, 0.4) is 0 Å². The summed E-state index contributed by atoms with van der Waals surface area (Å²) >= 11 is 0. The van der Waals surface area contributed by atoms with E-state index in [-0.39, 0.29) is 18.0 Å². The van der Waals surface area contributed by atoms with Gasteiger partial charge in [0.05, 0.1) is 4.90 Å². The molecule has 1 amide bonds. The number of benzene rings is 1. The molecule has 1 saturated heterocycles. The monoisotopic (exact) mass is 336 g/mol. The zero-order valence-electron chi connectivity index (χ0n) is 13.7. The first-order valence-corrected chi connectivity index (χ1v) is 9.69. The Labute approximate surface area is 138 Å². The highest BCUT2D eigenvalue weighted by atomic mass is 32.2. The topological polar surface area (TPSA) is 57.7 Å². The van der Waals surface area contributed by atoms with Gasteiger partial charge in [0.1, 0.15) is 0 Å². The van der Waals surface area contributed by atoms with Crippen molar-refractivity contribution in [3.8, 4) is 0 Å². The van der Waals surface area contributed by atoms with E-state index in [9.17, 15) is 13.2 Å². The molecular formula is C17H24N2O3S.